The summed E-state index contributed by atoms with van der Waals surface area (Å²) >= 11 is 0. The summed E-state index contributed by atoms with van der Waals surface area (Å²) in [5.74, 6) is -0.528. The lowest BCUT2D eigenvalue weighted by Crippen LogP contribution is -2.43. The van der Waals surface area contributed by atoms with E-state index in [0.717, 1.165) is 17.5 Å². The number of benzene rings is 2. The summed E-state index contributed by atoms with van der Waals surface area (Å²) in [6, 6.07) is 16.7. The van der Waals surface area contributed by atoms with Crippen LogP contribution in [0.3, 0.4) is 0 Å². The number of amides is 1. The van der Waals surface area contributed by atoms with Crippen LogP contribution in [0.4, 0.5) is 5.69 Å². The van der Waals surface area contributed by atoms with Gasteiger partial charge in [-0.2, -0.15) is 4.72 Å². The zero-order valence-corrected chi connectivity index (χ0v) is 15.3. The molecule has 0 saturated carbocycles. The zero-order valence-electron chi connectivity index (χ0n) is 14.5. The van der Waals surface area contributed by atoms with E-state index in [-0.39, 0.29) is 5.75 Å². The SMILES string of the molecule is CCCCS(=O)(=O)NC1N=C(c2ccccc2)c2ccccc2NC1=O. The van der Waals surface area contributed by atoms with Crippen LogP contribution in [0.1, 0.15) is 30.9 Å². The van der Waals surface area contributed by atoms with Gasteiger partial charge in [0.05, 0.1) is 17.2 Å². The molecule has 0 spiro atoms. The molecule has 2 aromatic rings. The highest BCUT2D eigenvalue weighted by molar-refractivity contribution is 7.89. The van der Waals surface area contributed by atoms with Crippen molar-refractivity contribution < 1.29 is 13.2 Å². The average Bonchev–Trinajstić information content (AvgIpc) is 2.77. The van der Waals surface area contributed by atoms with Crippen LogP contribution in [-0.4, -0.2) is 32.0 Å². The van der Waals surface area contributed by atoms with Gasteiger partial charge in [-0.3, -0.25) is 9.79 Å². The molecule has 1 unspecified atom stereocenters. The molecule has 0 aromatic heterocycles. The van der Waals surface area contributed by atoms with Gasteiger partial charge in [0.25, 0.3) is 5.91 Å². The fraction of sp³-hybridized carbons (Fsp3) is 0.263. The predicted octanol–water partition coefficient (Wildman–Crippen LogP) is 2.52. The van der Waals surface area contributed by atoms with E-state index in [0.29, 0.717) is 17.8 Å². The number of unbranched alkanes of at least 4 members (excludes halogenated alkanes) is 1. The Morgan fingerprint density at radius 2 is 1.77 bits per heavy atom. The molecule has 0 bridgehead atoms. The third-order valence-electron chi connectivity index (χ3n) is 4.05. The molecule has 136 valence electrons. The van der Waals surface area contributed by atoms with E-state index < -0.39 is 22.1 Å². The van der Waals surface area contributed by atoms with Crippen molar-refractivity contribution in [1.29, 1.82) is 0 Å². The number of carbonyl (C=O) groups excluding carboxylic acids is 1. The minimum absolute atomic E-state index is 0.0313. The molecule has 2 N–H and O–H groups in total. The van der Waals surface area contributed by atoms with Crippen molar-refractivity contribution in [1.82, 2.24) is 4.72 Å². The molecule has 1 aliphatic rings. The Hall–Kier alpha value is -2.51. The van der Waals surface area contributed by atoms with Gasteiger partial charge < -0.3 is 5.32 Å². The highest BCUT2D eigenvalue weighted by Gasteiger charge is 2.28. The average molecular weight is 371 g/mol. The molecule has 2 aromatic carbocycles. The highest BCUT2D eigenvalue weighted by Crippen LogP contribution is 2.23. The largest absolute Gasteiger partial charge is 0.322 e. The van der Waals surface area contributed by atoms with Gasteiger partial charge in [0.2, 0.25) is 10.0 Å². The lowest BCUT2D eigenvalue weighted by atomic mass is 10.0. The third kappa shape index (κ3) is 4.17. The van der Waals surface area contributed by atoms with Gasteiger partial charge >= 0.3 is 0 Å². The number of fused-ring (bicyclic) bond motifs is 1. The van der Waals surface area contributed by atoms with Crippen LogP contribution in [0.2, 0.25) is 0 Å². The fourth-order valence-corrected chi connectivity index (χ4v) is 4.01. The lowest BCUT2D eigenvalue weighted by Gasteiger charge is -2.13. The van der Waals surface area contributed by atoms with Crippen molar-refractivity contribution in [2.75, 3.05) is 11.1 Å². The normalized spacial score (nSPS) is 17.0. The minimum Gasteiger partial charge on any atom is -0.322 e. The van der Waals surface area contributed by atoms with Gasteiger partial charge in [-0.15, -0.1) is 0 Å². The summed E-state index contributed by atoms with van der Waals surface area (Å²) in [5.41, 5.74) is 2.75. The maximum Gasteiger partial charge on any atom is 0.264 e. The van der Waals surface area contributed by atoms with Gasteiger partial charge in [-0.1, -0.05) is 61.9 Å². The second-order valence-corrected chi connectivity index (χ2v) is 7.94. The molecule has 3 rings (SSSR count). The van der Waals surface area contributed by atoms with E-state index in [9.17, 15) is 13.2 Å². The van der Waals surface area contributed by atoms with Crippen LogP contribution in [0, 0.1) is 0 Å². The summed E-state index contributed by atoms with van der Waals surface area (Å²) < 4.78 is 27.0. The number of sulfonamides is 1. The maximum atomic E-state index is 12.6. The van der Waals surface area contributed by atoms with Crippen LogP contribution >= 0.6 is 0 Å². The number of para-hydroxylation sites is 1. The molecule has 7 heteroatoms. The first kappa shape index (κ1) is 18.3. The molecule has 1 heterocycles. The van der Waals surface area contributed by atoms with Crippen molar-refractivity contribution in [2.45, 2.75) is 25.9 Å². The standard InChI is InChI=1S/C19H21N3O3S/c1-2-3-13-26(24,25)22-18-19(23)20-16-12-8-7-11-15(16)17(21-18)14-9-5-4-6-10-14/h4-12,18,22H,2-3,13H2,1H3,(H,20,23). The molecular weight excluding hydrogens is 350 g/mol. The number of anilines is 1. The van der Waals surface area contributed by atoms with Crippen molar-refractivity contribution >= 4 is 27.3 Å². The molecule has 0 saturated heterocycles. The van der Waals surface area contributed by atoms with Crippen molar-refractivity contribution in [3.8, 4) is 0 Å². The van der Waals surface area contributed by atoms with Gasteiger partial charge in [-0.05, 0) is 12.5 Å². The summed E-state index contributed by atoms with van der Waals surface area (Å²) in [6.45, 7) is 1.91. The van der Waals surface area contributed by atoms with Crippen LogP contribution in [0.25, 0.3) is 0 Å². The number of nitrogens with one attached hydrogen (secondary N) is 2. The van der Waals surface area contributed by atoms with E-state index in [4.69, 9.17) is 0 Å². The third-order valence-corrected chi connectivity index (χ3v) is 5.46. The molecule has 0 radical (unpaired) electrons. The van der Waals surface area contributed by atoms with Crippen molar-refractivity contribution in [3.05, 3.63) is 65.7 Å². The summed E-state index contributed by atoms with van der Waals surface area (Å²) in [4.78, 5) is 17.0. The second kappa shape index (κ2) is 7.80. The number of aliphatic imine (C=N–C) groups is 1. The predicted molar refractivity (Wildman–Crippen MR) is 103 cm³/mol. The molecule has 1 atom stereocenters. The smallest absolute Gasteiger partial charge is 0.264 e. The summed E-state index contributed by atoms with van der Waals surface area (Å²) in [7, 11) is -3.60. The summed E-state index contributed by atoms with van der Waals surface area (Å²) in [5, 5.41) is 2.77. The Balaban J connectivity index is 2.03. The van der Waals surface area contributed by atoms with Crippen LogP contribution in [0.15, 0.2) is 59.6 Å². The number of hydrogen-bond donors (Lipinski definition) is 2. The molecule has 0 aliphatic carbocycles. The van der Waals surface area contributed by atoms with Crippen molar-refractivity contribution in [2.24, 2.45) is 4.99 Å². The van der Waals surface area contributed by atoms with Crippen LogP contribution in [0.5, 0.6) is 0 Å². The first-order valence-corrected chi connectivity index (χ1v) is 10.2. The Kier molecular flexibility index (Phi) is 5.49. The number of nitrogens with zero attached hydrogens (tertiary/aromatic N) is 1. The Morgan fingerprint density at radius 1 is 1.08 bits per heavy atom. The van der Waals surface area contributed by atoms with E-state index in [1.54, 1.807) is 6.07 Å². The Morgan fingerprint density at radius 3 is 2.50 bits per heavy atom. The van der Waals surface area contributed by atoms with E-state index >= 15 is 0 Å². The molecule has 1 amide bonds. The Labute approximate surface area is 153 Å². The van der Waals surface area contributed by atoms with Crippen molar-refractivity contribution in [3.63, 3.8) is 0 Å². The minimum atomic E-state index is -3.60. The number of rotatable bonds is 6. The number of hydrogen-bond acceptors (Lipinski definition) is 4. The molecular formula is C19H21N3O3S. The lowest BCUT2D eigenvalue weighted by molar-refractivity contribution is -0.117. The quantitative estimate of drug-likeness (QED) is 0.818. The van der Waals surface area contributed by atoms with Gasteiger partial charge in [0.1, 0.15) is 0 Å². The van der Waals surface area contributed by atoms with E-state index in [2.05, 4.69) is 15.0 Å². The second-order valence-electron chi connectivity index (χ2n) is 6.07. The number of carbonyl (C=O) groups is 1. The fourth-order valence-electron chi connectivity index (χ4n) is 2.73. The van der Waals surface area contributed by atoms with Gasteiger partial charge in [0.15, 0.2) is 6.17 Å². The van der Waals surface area contributed by atoms with Gasteiger partial charge in [-0.25, -0.2) is 8.42 Å². The molecule has 26 heavy (non-hydrogen) atoms. The molecule has 0 fully saturated rings. The summed E-state index contributed by atoms with van der Waals surface area (Å²) in [6.07, 6.45) is 0.0698. The maximum absolute atomic E-state index is 12.6. The first-order chi connectivity index (χ1) is 12.5. The van der Waals surface area contributed by atoms with E-state index in [1.165, 1.54) is 0 Å². The van der Waals surface area contributed by atoms with Gasteiger partial charge in [0, 0.05) is 11.1 Å². The van der Waals surface area contributed by atoms with Crippen LogP contribution < -0.4 is 10.0 Å². The highest BCUT2D eigenvalue weighted by atomic mass is 32.2. The van der Waals surface area contributed by atoms with E-state index in [1.807, 2.05) is 55.5 Å². The first-order valence-electron chi connectivity index (χ1n) is 8.53. The topological polar surface area (TPSA) is 87.6 Å². The number of benzodiazepines with no additional fused rings is 1. The molecule has 1 aliphatic heterocycles. The Bertz CT molecular complexity index is 924. The molecule has 6 nitrogen and oxygen atoms in total. The zero-order chi connectivity index (χ0) is 18.6. The van der Waals surface area contributed by atoms with Crippen LogP contribution in [-0.2, 0) is 14.8 Å². The monoisotopic (exact) mass is 371 g/mol.